The quantitative estimate of drug-likeness (QED) is 0.0894. The van der Waals surface area contributed by atoms with Crippen molar-refractivity contribution in [1.29, 1.82) is 0 Å². The van der Waals surface area contributed by atoms with Crippen LogP contribution < -0.4 is 5.48 Å². The van der Waals surface area contributed by atoms with E-state index in [4.69, 9.17) is 47.5 Å². The van der Waals surface area contributed by atoms with Crippen LogP contribution in [0.1, 0.15) is 40.5 Å². The number of hydroxylamine groups is 1. The van der Waals surface area contributed by atoms with Gasteiger partial charge in [-0.2, -0.15) is 5.48 Å². The van der Waals surface area contributed by atoms with Crippen LogP contribution in [-0.2, 0) is 73.9 Å². The predicted molar refractivity (Wildman–Crippen MR) is 218 cm³/mol. The number of hydrogen-bond donors (Lipinski definition) is 1. The lowest BCUT2D eigenvalue weighted by atomic mass is 9.97. The van der Waals surface area contributed by atoms with Crippen molar-refractivity contribution in [3.05, 3.63) is 179 Å². The summed E-state index contributed by atoms with van der Waals surface area (Å²) in [7, 11) is 1.63. The number of ether oxygens (including phenoxy) is 9. The molecule has 5 aromatic rings. The summed E-state index contributed by atoms with van der Waals surface area (Å²) in [6.07, 6.45) is -5.03. The lowest BCUT2D eigenvalue weighted by molar-refractivity contribution is -0.357. The van der Waals surface area contributed by atoms with Gasteiger partial charge in [-0.3, -0.25) is 4.84 Å². The van der Waals surface area contributed by atoms with Crippen LogP contribution in [0.25, 0.3) is 0 Å². The van der Waals surface area contributed by atoms with Crippen LogP contribution >= 0.6 is 0 Å². The summed E-state index contributed by atoms with van der Waals surface area (Å²) in [5, 5.41) is 0. The average Bonchev–Trinajstić information content (AvgIpc) is 3.30. The van der Waals surface area contributed by atoms with E-state index in [0.717, 1.165) is 27.8 Å². The molecule has 310 valence electrons. The molecule has 0 bridgehead atoms. The molecule has 1 unspecified atom stereocenters. The van der Waals surface area contributed by atoms with Gasteiger partial charge in [-0.25, -0.2) is 0 Å². The predicted octanol–water partition coefficient (Wildman–Crippen LogP) is 7.45. The Labute approximate surface area is 346 Å². The fourth-order valence-electron chi connectivity index (χ4n) is 7.66. The molecule has 3 aliphatic rings. The Morgan fingerprint density at radius 2 is 1.07 bits per heavy atom. The first-order chi connectivity index (χ1) is 29.2. The fraction of sp³-hybridized carbons (Fsp3) is 0.375. The summed E-state index contributed by atoms with van der Waals surface area (Å²) in [5.41, 5.74) is 8.34. The first-order valence-corrected chi connectivity index (χ1v) is 20.4. The van der Waals surface area contributed by atoms with Crippen LogP contribution in [0.4, 0.5) is 0 Å². The largest absolute Gasteiger partial charge is 0.374 e. The number of benzene rings is 5. The van der Waals surface area contributed by atoms with Crippen LogP contribution in [0.2, 0.25) is 0 Å². The summed E-state index contributed by atoms with van der Waals surface area (Å²) in [5.74, 6) is 0. The van der Waals surface area contributed by atoms with Gasteiger partial charge in [0, 0.05) is 19.1 Å². The molecular formula is C48H53NO10. The van der Waals surface area contributed by atoms with Crippen LogP contribution in [0.5, 0.6) is 0 Å². The molecule has 3 saturated heterocycles. The van der Waals surface area contributed by atoms with Crippen LogP contribution in [0, 0.1) is 0 Å². The molecule has 0 aliphatic carbocycles. The second-order valence-corrected chi connectivity index (χ2v) is 14.9. The molecule has 11 heteroatoms. The lowest BCUT2D eigenvalue weighted by Crippen LogP contribution is -2.64. The third-order valence-corrected chi connectivity index (χ3v) is 10.7. The number of fused-ring (bicyclic) bond motifs is 1. The lowest BCUT2D eigenvalue weighted by Gasteiger charge is -2.48. The van der Waals surface area contributed by atoms with Gasteiger partial charge < -0.3 is 42.6 Å². The number of nitrogens with one attached hydrogen (secondary N) is 1. The molecule has 5 aromatic carbocycles. The van der Waals surface area contributed by atoms with Gasteiger partial charge in [0.25, 0.3) is 0 Å². The van der Waals surface area contributed by atoms with Crippen LogP contribution in [0.15, 0.2) is 152 Å². The molecule has 1 N–H and O–H groups in total. The summed E-state index contributed by atoms with van der Waals surface area (Å²) >= 11 is 0. The Kier molecular flexibility index (Phi) is 14.9. The topological polar surface area (TPSA) is 104 Å². The first kappa shape index (κ1) is 41.4. The Morgan fingerprint density at radius 1 is 0.559 bits per heavy atom. The highest BCUT2D eigenvalue weighted by molar-refractivity contribution is 5.18. The minimum Gasteiger partial charge on any atom is -0.374 e. The molecule has 59 heavy (non-hydrogen) atoms. The second kappa shape index (κ2) is 21.3. The number of hydrogen-bond acceptors (Lipinski definition) is 11. The number of methoxy groups -OCH3 is 1. The Morgan fingerprint density at radius 3 is 1.63 bits per heavy atom. The van der Waals surface area contributed by atoms with E-state index in [1.54, 1.807) is 7.11 Å². The monoisotopic (exact) mass is 803 g/mol. The maximum Gasteiger partial charge on any atom is 0.206 e. The summed E-state index contributed by atoms with van der Waals surface area (Å²) in [6.45, 7) is 1.85. The summed E-state index contributed by atoms with van der Waals surface area (Å²) in [4.78, 5) is 6.67. The van der Waals surface area contributed by atoms with E-state index in [1.807, 2.05) is 152 Å². The normalized spacial score (nSPS) is 28.2. The Hall–Kier alpha value is -4.34. The molecule has 0 radical (unpaired) electrons. The van der Waals surface area contributed by atoms with Gasteiger partial charge in [0.2, 0.25) is 6.29 Å². The van der Waals surface area contributed by atoms with Crippen molar-refractivity contribution in [2.24, 2.45) is 0 Å². The van der Waals surface area contributed by atoms with Crippen molar-refractivity contribution in [2.45, 2.75) is 94.4 Å². The van der Waals surface area contributed by atoms with Gasteiger partial charge in [0.15, 0.2) is 12.6 Å². The van der Waals surface area contributed by atoms with Gasteiger partial charge in [-0.1, -0.05) is 152 Å². The van der Waals surface area contributed by atoms with E-state index in [-0.39, 0.29) is 19.3 Å². The third kappa shape index (κ3) is 11.3. The highest BCUT2D eigenvalue weighted by Gasteiger charge is 2.51. The minimum atomic E-state index is -0.964. The van der Waals surface area contributed by atoms with Gasteiger partial charge in [-0.05, 0) is 22.3 Å². The molecule has 11 nitrogen and oxygen atoms in total. The summed E-state index contributed by atoms with van der Waals surface area (Å²) in [6, 6.07) is 49.7. The molecule has 0 amide bonds. The second-order valence-electron chi connectivity index (χ2n) is 14.9. The van der Waals surface area contributed by atoms with E-state index in [9.17, 15) is 0 Å². The maximum atomic E-state index is 6.91. The molecule has 3 aliphatic heterocycles. The number of rotatable bonds is 18. The van der Waals surface area contributed by atoms with E-state index in [1.165, 1.54) is 0 Å². The standard InChI is InChI=1S/C48H53NO10/c1-50-42-27-39(43-41(56-42)33-55-47(58-43)38-25-15-6-16-26-38)49-59-48-46(54-31-37-23-13-5-14-24-37)45(53-30-36-21-11-4-12-22-36)44(52-29-35-19-9-3-10-20-35)40(57-48)32-51-28-34-17-7-2-8-18-34/h2-26,39-49H,27-33H2,1H3/t39-,40+,41+,42-,43-,44+,45-,46+,47?,48-/m0/s1. The molecule has 8 rings (SSSR count). The highest BCUT2D eigenvalue weighted by Crippen LogP contribution is 2.36. The van der Waals surface area contributed by atoms with Gasteiger partial charge in [-0.15, -0.1) is 0 Å². The third-order valence-electron chi connectivity index (χ3n) is 10.7. The van der Waals surface area contributed by atoms with Gasteiger partial charge >= 0.3 is 0 Å². The Balaban J connectivity index is 1.09. The van der Waals surface area contributed by atoms with Crippen molar-refractivity contribution in [3.63, 3.8) is 0 Å². The SMILES string of the molecule is CO[C@@H]1C[C@H](NO[C@@H]2O[C@H](COCc3ccccc3)[C@@H](OCc3ccccc3)[C@H](OCc3ccccc3)[C@H]2OCc2ccccc2)[C@@H]2OC(c3ccccc3)OC[C@H]2O1. The van der Waals surface area contributed by atoms with Crippen LogP contribution in [-0.4, -0.2) is 75.6 Å². The van der Waals surface area contributed by atoms with Gasteiger partial charge in [0.05, 0.1) is 45.7 Å². The molecule has 0 aromatic heterocycles. The van der Waals surface area contributed by atoms with Crippen molar-refractivity contribution in [3.8, 4) is 0 Å². The van der Waals surface area contributed by atoms with E-state index in [0.29, 0.717) is 32.8 Å². The summed E-state index contributed by atoms with van der Waals surface area (Å²) < 4.78 is 58.5. The fourth-order valence-corrected chi connectivity index (χ4v) is 7.66. The van der Waals surface area contributed by atoms with Crippen molar-refractivity contribution in [2.75, 3.05) is 20.3 Å². The average molecular weight is 804 g/mol. The molecular weight excluding hydrogens is 751 g/mol. The smallest absolute Gasteiger partial charge is 0.206 e. The zero-order valence-corrected chi connectivity index (χ0v) is 33.2. The Bertz CT molecular complexity index is 1930. The van der Waals surface area contributed by atoms with Gasteiger partial charge in [0.1, 0.15) is 36.6 Å². The zero-order chi connectivity index (χ0) is 40.1. The van der Waals surface area contributed by atoms with Crippen LogP contribution in [0.3, 0.4) is 0 Å². The molecule has 0 saturated carbocycles. The molecule has 10 atom stereocenters. The molecule has 3 heterocycles. The molecule has 3 fully saturated rings. The first-order valence-electron chi connectivity index (χ1n) is 20.4. The van der Waals surface area contributed by atoms with E-state index < -0.39 is 55.5 Å². The van der Waals surface area contributed by atoms with Crippen molar-refractivity contribution in [1.82, 2.24) is 5.48 Å². The van der Waals surface area contributed by atoms with Crippen molar-refractivity contribution >= 4 is 0 Å². The zero-order valence-electron chi connectivity index (χ0n) is 33.2. The maximum absolute atomic E-state index is 6.91. The highest BCUT2D eigenvalue weighted by atomic mass is 16.8. The van der Waals surface area contributed by atoms with E-state index >= 15 is 0 Å². The minimum absolute atomic E-state index is 0.206. The van der Waals surface area contributed by atoms with Crippen molar-refractivity contribution < 1.29 is 47.5 Å². The molecule has 0 spiro atoms. The van der Waals surface area contributed by atoms with E-state index in [2.05, 4.69) is 5.48 Å².